The molecule has 1 aliphatic carbocycles. The Hall–Kier alpha value is -0.570. The average molecular weight is 367 g/mol. The number of hydrogen-bond acceptors (Lipinski definition) is 2. The quantitative estimate of drug-likeness (QED) is 0.324. The SMILES string of the molecule is CCCCCCCCCCCCCCCCNC(=O)[C@H]1CCCC[C@@H]1N. The molecule has 0 aromatic rings. The second kappa shape index (κ2) is 16.6. The van der Waals surface area contributed by atoms with E-state index in [4.69, 9.17) is 5.73 Å². The highest BCUT2D eigenvalue weighted by molar-refractivity contribution is 5.79. The van der Waals surface area contributed by atoms with Gasteiger partial charge in [0.25, 0.3) is 0 Å². The third kappa shape index (κ3) is 11.9. The second-order valence-electron chi connectivity index (χ2n) is 8.44. The molecule has 0 aromatic carbocycles. The number of rotatable bonds is 16. The number of unbranched alkanes of at least 4 members (excludes halogenated alkanes) is 13. The van der Waals surface area contributed by atoms with Gasteiger partial charge in [0.15, 0.2) is 0 Å². The third-order valence-electron chi connectivity index (χ3n) is 5.99. The first-order valence-corrected chi connectivity index (χ1v) is 11.8. The van der Waals surface area contributed by atoms with E-state index in [9.17, 15) is 4.79 Å². The van der Waals surface area contributed by atoms with E-state index >= 15 is 0 Å². The summed E-state index contributed by atoms with van der Waals surface area (Å²) in [6.45, 7) is 3.11. The second-order valence-corrected chi connectivity index (χ2v) is 8.44. The number of hydrogen-bond donors (Lipinski definition) is 2. The minimum Gasteiger partial charge on any atom is -0.356 e. The van der Waals surface area contributed by atoms with Crippen LogP contribution in [-0.2, 0) is 4.79 Å². The Kier molecular flexibility index (Phi) is 15.0. The maximum Gasteiger partial charge on any atom is 0.224 e. The highest BCUT2D eigenvalue weighted by Gasteiger charge is 2.27. The molecule has 3 heteroatoms. The summed E-state index contributed by atoms with van der Waals surface area (Å²) in [4.78, 5) is 12.2. The molecule has 0 unspecified atom stereocenters. The number of carbonyl (C=O) groups is 1. The van der Waals surface area contributed by atoms with Crippen LogP contribution in [0.3, 0.4) is 0 Å². The van der Waals surface area contributed by atoms with Crippen LogP contribution in [0.15, 0.2) is 0 Å². The summed E-state index contributed by atoms with van der Waals surface area (Å²) in [5.41, 5.74) is 6.07. The molecular formula is C23H46N2O. The van der Waals surface area contributed by atoms with E-state index in [1.807, 2.05) is 0 Å². The van der Waals surface area contributed by atoms with Crippen molar-refractivity contribution in [2.24, 2.45) is 11.7 Å². The van der Waals surface area contributed by atoms with Gasteiger partial charge in [0.05, 0.1) is 5.92 Å². The molecule has 2 atom stereocenters. The zero-order chi connectivity index (χ0) is 18.9. The maximum atomic E-state index is 12.2. The highest BCUT2D eigenvalue weighted by Crippen LogP contribution is 2.23. The molecule has 1 aliphatic rings. The number of nitrogens with two attached hydrogens (primary N) is 1. The molecule has 0 radical (unpaired) electrons. The lowest BCUT2D eigenvalue weighted by molar-refractivity contribution is -0.126. The Labute approximate surface area is 163 Å². The predicted molar refractivity (Wildman–Crippen MR) is 113 cm³/mol. The minimum atomic E-state index is 0.0652. The van der Waals surface area contributed by atoms with Crippen molar-refractivity contribution in [3.8, 4) is 0 Å². The molecule has 1 saturated carbocycles. The molecule has 0 bridgehead atoms. The van der Waals surface area contributed by atoms with E-state index in [1.165, 1.54) is 89.9 Å². The normalized spacial score (nSPS) is 20.2. The molecule has 3 nitrogen and oxygen atoms in total. The summed E-state index contributed by atoms with van der Waals surface area (Å²) in [5, 5.41) is 3.11. The molecule has 0 saturated heterocycles. The smallest absolute Gasteiger partial charge is 0.224 e. The average Bonchev–Trinajstić information content (AvgIpc) is 2.65. The van der Waals surface area contributed by atoms with Gasteiger partial charge in [0, 0.05) is 12.6 Å². The lowest BCUT2D eigenvalue weighted by Crippen LogP contribution is -2.43. The van der Waals surface area contributed by atoms with E-state index in [0.717, 1.165) is 32.2 Å². The fraction of sp³-hybridized carbons (Fsp3) is 0.957. The third-order valence-corrected chi connectivity index (χ3v) is 5.99. The molecule has 1 amide bonds. The Bertz CT molecular complexity index is 332. The van der Waals surface area contributed by atoms with Gasteiger partial charge in [-0.2, -0.15) is 0 Å². The van der Waals surface area contributed by atoms with Crippen molar-refractivity contribution >= 4 is 5.91 Å². The molecule has 1 rings (SSSR count). The predicted octanol–water partition coefficient (Wildman–Crippen LogP) is 6.10. The van der Waals surface area contributed by atoms with Crippen LogP contribution in [0.4, 0.5) is 0 Å². The van der Waals surface area contributed by atoms with Crippen LogP contribution in [-0.4, -0.2) is 18.5 Å². The van der Waals surface area contributed by atoms with Crippen LogP contribution in [0.25, 0.3) is 0 Å². The van der Waals surface area contributed by atoms with Gasteiger partial charge in [0.1, 0.15) is 0 Å². The van der Waals surface area contributed by atoms with Crippen LogP contribution >= 0.6 is 0 Å². The standard InChI is InChI=1S/C23H46N2O/c1-2-3-4-5-6-7-8-9-10-11-12-13-14-17-20-25-23(26)21-18-15-16-19-22(21)24/h21-22H,2-20,24H2,1H3,(H,25,26)/t21-,22-/m0/s1. The molecule has 26 heavy (non-hydrogen) atoms. The summed E-state index contributed by atoms with van der Waals surface area (Å²) in [7, 11) is 0. The van der Waals surface area contributed by atoms with Crippen molar-refractivity contribution in [1.29, 1.82) is 0 Å². The molecule has 0 aromatic heterocycles. The van der Waals surface area contributed by atoms with E-state index in [1.54, 1.807) is 0 Å². The maximum absolute atomic E-state index is 12.2. The molecule has 0 heterocycles. The molecule has 3 N–H and O–H groups in total. The van der Waals surface area contributed by atoms with Crippen LogP contribution in [0, 0.1) is 5.92 Å². The molecule has 1 fully saturated rings. The minimum absolute atomic E-state index is 0.0652. The van der Waals surface area contributed by atoms with Crippen molar-refractivity contribution in [3.63, 3.8) is 0 Å². The monoisotopic (exact) mass is 366 g/mol. The molecule has 0 spiro atoms. The van der Waals surface area contributed by atoms with Crippen molar-refractivity contribution in [3.05, 3.63) is 0 Å². The Morgan fingerprint density at radius 2 is 1.23 bits per heavy atom. The fourth-order valence-corrected chi connectivity index (χ4v) is 4.15. The summed E-state index contributed by atoms with van der Waals surface area (Å²) >= 11 is 0. The number of carbonyl (C=O) groups excluding carboxylic acids is 1. The van der Waals surface area contributed by atoms with E-state index in [0.29, 0.717) is 0 Å². The van der Waals surface area contributed by atoms with Gasteiger partial charge in [-0.3, -0.25) is 4.79 Å². The summed E-state index contributed by atoms with van der Waals surface area (Å²) < 4.78 is 0. The van der Waals surface area contributed by atoms with Gasteiger partial charge in [-0.15, -0.1) is 0 Å². The zero-order valence-corrected chi connectivity index (χ0v) is 17.6. The van der Waals surface area contributed by atoms with E-state index in [2.05, 4.69) is 12.2 Å². The topological polar surface area (TPSA) is 55.1 Å². The van der Waals surface area contributed by atoms with Gasteiger partial charge in [-0.05, 0) is 19.3 Å². The highest BCUT2D eigenvalue weighted by atomic mass is 16.1. The van der Waals surface area contributed by atoms with Crippen molar-refractivity contribution in [2.45, 2.75) is 129 Å². The lowest BCUT2D eigenvalue weighted by Gasteiger charge is -2.27. The van der Waals surface area contributed by atoms with Crippen LogP contribution in [0.2, 0.25) is 0 Å². The molecule has 154 valence electrons. The summed E-state index contributed by atoms with van der Waals surface area (Å²) in [6, 6.07) is 0.0834. The Morgan fingerprint density at radius 1 is 0.769 bits per heavy atom. The van der Waals surface area contributed by atoms with Crippen molar-refractivity contribution in [1.82, 2.24) is 5.32 Å². The summed E-state index contributed by atoms with van der Waals surface area (Å²) in [6.07, 6.45) is 23.5. The molecular weight excluding hydrogens is 320 g/mol. The van der Waals surface area contributed by atoms with Crippen molar-refractivity contribution < 1.29 is 4.79 Å². The fourth-order valence-electron chi connectivity index (χ4n) is 4.15. The number of nitrogens with one attached hydrogen (secondary N) is 1. The van der Waals surface area contributed by atoms with Gasteiger partial charge in [-0.1, -0.05) is 103 Å². The largest absolute Gasteiger partial charge is 0.356 e. The van der Waals surface area contributed by atoms with Crippen LogP contribution in [0.5, 0.6) is 0 Å². The lowest BCUT2D eigenvalue weighted by atomic mass is 9.84. The number of amides is 1. The first-order valence-electron chi connectivity index (χ1n) is 11.8. The Morgan fingerprint density at radius 3 is 1.73 bits per heavy atom. The van der Waals surface area contributed by atoms with Crippen LogP contribution < -0.4 is 11.1 Å². The van der Waals surface area contributed by atoms with Crippen molar-refractivity contribution in [2.75, 3.05) is 6.54 Å². The van der Waals surface area contributed by atoms with Gasteiger partial charge in [0.2, 0.25) is 5.91 Å². The zero-order valence-electron chi connectivity index (χ0n) is 17.6. The van der Waals surface area contributed by atoms with E-state index < -0.39 is 0 Å². The van der Waals surface area contributed by atoms with E-state index in [-0.39, 0.29) is 17.9 Å². The van der Waals surface area contributed by atoms with Crippen LogP contribution in [0.1, 0.15) is 122 Å². The van der Waals surface area contributed by atoms with Gasteiger partial charge >= 0.3 is 0 Å². The Balaban J connectivity index is 1.79. The molecule has 0 aliphatic heterocycles. The first kappa shape index (κ1) is 23.5. The van der Waals surface area contributed by atoms with Gasteiger partial charge in [-0.25, -0.2) is 0 Å². The van der Waals surface area contributed by atoms with Gasteiger partial charge < -0.3 is 11.1 Å². The first-order chi connectivity index (χ1) is 12.8. The summed E-state index contributed by atoms with van der Waals surface area (Å²) in [5.74, 6) is 0.266.